The highest BCUT2D eigenvalue weighted by Crippen LogP contribution is 2.34. The number of benzene rings is 1. The molecule has 0 atom stereocenters. The molecule has 1 aromatic carbocycles. The van der Waals surface area contributed by atoms with Crippen LogP contribution in [0.5, 0.6) is 0 Å². The summed E-state index contributed by atoms with van der Waals surface area (Å²) in [5.41, 5.74) is 0.134. The van der Waals surface area contributed by atoms with Gasteiger partial charge in [0.2, 0.25) is 0 Å². The quantitative estimate of drug-likeness (QED) is 0.876. The average Bonchev–Trinajstić information content (AvgIpc) is 2.28. The summed E-state index contributed by atoms with van der Waals surface area (Å²) >= 11 is 0. The molecule has 5 heteroatoms. The Balaban J connectivity index is 2.71. The molecule has 0 spiro atoms. The van der Waals surface area contributed by atoms with Crippen LogP contribution in [-0.4, -0.2) is 11.5 Å². The Kier molecular flexibility index (Phi) is 3.15. The molecule has 0 radical (unpaired) electrons. The molecule has 1 N–H and O–H groups in total. The molecular formula is C13H13F3N2. The number of pyridine rings is 1. The van der Waals surface area contributed by atoms with E-state index in [1.165, 1.54) is 6.07 Å². The summed E-state index contributed by atoms with van der Waals surface area (Å²) in [5.74, 6) is 0.502. The van der Waals surface area contributed by atoms with Crippen LogP contribution in [0.2, 0.25) is 0 Å². The third-order valence-corrected chi connectivity index (χ3v) is 2.69. The van der Waals surface area contributed by atoms with Crippen molar-refractivity contribution in [2.75, 3.05) is 11.9 Å². The van der Waals surface area contributed by atoms with Gasteiger partial charge in [-0.15, -0.1) is 0 Å². The minimum Gasteiger partial charge on any atom is -0.370 e. The number of rotatable bonds is 2. The predicted molar refractivity (Wildman–Crippen MR) is 65.6 cm³/mol. The SMILES string of the molecule is CCNc1nc2c(C(F)(F)F)cccc2cc1C. The zero-order valence-corrected chi connectivity index (χ0v) is 10.1. The second-order valence-electron chi connectivity index (χ2n) is 4.06. The number of alkyl halides is 3. The van der Waals surface area contributed by atoms with Gasteiger partial charge in [-0.3, -0.25) is 0 Å². The maximum absolute atomic E-state index is 12.9. The van der Waals surface area contributed by atoms with Crippen LogP contribution in [0.4, 0.5) is 19.0 Å². The van der Waals surface area contributed by atoms with Gasteiger partial charge in [-0.1, -0.05) is 12.1 Å². The molecule has 96 valence electrons. The van der Waals surface area contributed by atoms with E-state index in [1.807, 2.05) is 13.8 Å². The Morgan fingerprint density at radius 3 is 2.61 bits per heavy atom. The smallest absolute Gasteiger partial charge is 0.370 e. The number of aromatic nitrogens is 1. The fraction of sp³-hybridized carbons (Fsp3) is 0.308. The summed E-state index contributed by atoms with van der Waals surface area (Å²) in [5, 5.41) is 3.47. The predicted octanol–water partition coefficient (Wildman–Crippen LogP) is 3.99. The maximum atomic E-state index is 12.9. The van der Waals surface area contributed by atoms with E-state index >= 15 is 0 Å². The van der Waals surface area contributed by atoms with E-state index in [0.717, 1.165) is 11.6 Å². The van der Waals surface area contributed by atoms with Crippen molar-refractivity contribution < 1.29 is 13.2 Å². The van der Waals surface area contributed by atoms with Crippen LogP contribution in [0.15, 0.2) is 24.3 Å². The molecule has 18 heavy (non-hydrogen) atoms. The summed E-state index contributed by atoms with van der Waals surface area (Å²) < 4.78 is 38.6. The van der Waals surface area contributed by atoms with E-state index < -0.39 is 11.7 Å². The minimum atomic E-state index is -4.38. The van der Waals surface area contributed by atoms with E-state index in [9.17, 15) is 13.2 Å². The molecule has 0 aliphatic carbocycles. The average molecular weight is 254 g/mol. The molecule has 0 unspecified atom stereocenters. The molecule has 0 aliphatic rings. The topological polar surface area (TPSA) is 24.9 Å². The van der Waals surface area contributed by atoms with Gasteiger partial charge in [0.1, 0.15) is 5.82 Å². The van der Waals surface area contributed by atoms with Crippen LogP contribution in [0.25, 0.3) is 10.9 Å². The van der Waals surface area contributed by atoms with Gasteiger partial charge in [-0.2, -0.15) is 13.2 Å². The van der Waals surface area contributed by atoms with Gasteiger partial charge in [0.25, 0.3) is 0 Å². The number of aryl methyl sites for hydroxylation is 1. The lowest BCUT2D eigenvalue weighted by molar-refractivity contribution is -0.136. The van der Waals surface area contributed by atoms with Gasteiger partial charge in [-0.25, -0.2) is 4.98 Å². The highest BCUT2D eigenvalue weighted by Gasteiger charge is 2.33. The van der Waals surface area contributed by atoms with Crippen molar-refractivity contribution in [3.8, 4) is 0 Å². The summed E-state index contributed by atoms with van der Waals surface area (Å²) in [4.78, 5) is 4.10. The van der Waals surface area contributed by atoms with Gasteiger partial charge < -0.3 is 5.32 Å². The van der Waals surface area contributed by atoms with E-state index in [4.69, 9.17) is 0 Å². The second-order valence-corrected chi connectivity index (χ2v) is 4.06. The van der Waals surface area contributed by atoms with Crippen molar-refractivity contribution in [3.63, 3.8) is 0 Å². The monoisotopic (exact) mass is 254 g/mol. The summed E-state index contributed by atoms with van der Waals surface area (Å²) in [7, 11) is 0. The first-order valence-corrected chi connectivity index (χ1v) is 5.65. The number of hydrogen-bond acceptors (Lipinski definition) is 2. The first kappa shape index (κ1) is 12.7. The van der Waals surface area contributed by atoms with Gasteiger partial charge in [0.15, 0.2) is 0 Å². The van der Waals surface area contributed by atoms with Crippen LogP contribution in [0.1, 0.15) is 18.1 Å². The Labute approximate surface area is 103 Å². The molecule has 1 heterocycles. The lowest BCUT2D eigenvalue weighted by Gasteiger charge is -2.13. The third-order valence-electron chi connectivity index (χ3n) is 2.69. The van der Waals surface area contributed by atoms with Crippen molar-refractivity contribution in [1.82, 2.24) is 4.98 Å². The van der Waals surface area contributed by atoms with E-state index in [0.29, 0.717) is 17.7 Å². The van der Waals surface area contributed by atoms with E-state index in [2.05, 4.69) is 10.3 Å². The van der Waals surface area contributed by atoms with Crippen LogP contribution in [0, 0.1) is 6.92 Å². The Morgan fingerprint density at radius 2 is 2.00 bits per heavy atom. The number of nitrogens with one attached hydrogen (secondary N) is 1. The molecular weight excluding hydrogens is 241 g/mol. The molecule has 0 aliphatic heterocycles. The molecule has 0 saturated heterocycles. The second kappa shape index (κ2) is 4.48. The Hall–Kier alpha value is -1.78. The minimum absolute atomic E-state index is 0.00782. The lowest BCUT2D eigenvalue weighted by atomic mass is 10.1. The first-order chi connectivity index (χ1) is 8.43. The number of nitrogens with zero attached hydrogens (tertiary/aromatic N) is 1. The number of para-hydroxylation sites is 1. The van der Waals surface area contributed by atoms with Gasteiger partial charge >= 0.3 is 6.18 Å². The fourth-order valence-corrected chi connectivity index (χ4v) is 1.88. The fourth-order valence-electron chi connectivity index (χ4n) is 1.88. The van der Waals surface area contributed by atoms with Crippen LogP contribution < -0.4 is 5.32 Å². The van der Waals surface area contributed by atoms with Crippen molar-refractivity contribution in [2.45, 2.75) is 20.0 Å². The number of halogens is 3. The van der Waals surface area contributed by atoms with Crippen molar-refractivity contribution in [2.24, 2.45) is 0 Å². The normalized spacial score (nSPS) is 11.8. The molecule has 2 rings (SSSR count). The molecule has 0 bridgehead atoms. The summed E-state index contributed by atoms with van der Waals surface area (Å²) in [6.07, 6.45) is -4.38. The summed E-state index contributed by atoms with van der Waals surface area (Å²) in [6, 6.07) is 5.81. The number of anilines is 1. The van der Waals surface area contributed by atoms with Crippen LogP contribution in [-0.2, 0) is 6.18 Å². The number of hydrogen-bond donors (Lipinski definition) is 1. The highest BCUT2D eigenvalue weighted by atomic mass is 19.4. The molecule has 2 aromatic rings. The standard InChI is InChI=1S/C13H13F3N2/c1-3-17-12-8(2)7-9-5-4-6-10(11(9)18-12)13(14,15)16/h4-7H,3H2,1-2H3,(H,17,18). The molecule has 1 aromatic heterocycles. The molecule has 0 amide bonds. The van der Waals surface area contributed by atoms with Crippen molar-refractivity contribution >= 4 is 16.7 Å². The van der Waals surface area contributed by atoms with Crippen LogP contribution in [0.3, 0.4) is 0 Å². The maximum Gasteiger partial charge on any atom is 0.418 e. The Morgan fingerprint density at radius 1 is 1.28 bits per heavy atom. The van der Waals surface area contributed by atoms with Gasteiger partial charge in [0.05, 0.1) is 11.1 Å². The first-order valence-electron chi connectivity index (χ1n) is 5.65. The van der Waals surface area contributed by atoms with E-state index in [1.54, 1.807) is 12.1 Å². The van der Waals surface area contributed by atoms with E-state index in [-0.39, 0.29) is 5.52 Å². The van der Waals surface area contributed by atoms with Gasteiger partial charge in [0, 0.05) is 11.9 Å². The Bertz CT molecular complexity index is 576. The van der Waals surface area contributed by atoms with Crippen LogP contribution >= 0.6 is 0 Å². The lowest BCUT2D eigenvalue weighted by Crippen LogP contribution is -2.08. The zero-order chi connectivity index (χ0) is 13.3. The number of fused-ring (bicyclic) bond motifs is 1. The van der Waals surface area contributed by atoms with Crippen molar-refractivity contribution in [3.05, 3.63) is 35.4 Å². The zero-order valence-electron chi connectivity index (χ0n) is 10.1. The molecule has 2 nitrogen and oxygen atoms in total. The molecule has 0 fully saturated rings. The van der Waals surface area contributed by atoms with Crippen molar-refractivity contribution in [1.29, 1.82) is 0 Å². The highest BCUT2D eigenvalue weighted by molar-refractivity contribution is 5.85. The summed E-state index contributed by atoms with van der Waals surface area (Å²) in [6.45, 7) is 4.32. The third kappa shape index (κ3) is 2.25. The largest absolute Gasteiger partial charge is 0.418 e. The van der Waals surface area contributed by atoms with Gasteiger partial charge in [-0.05, 0) is 31.5 Å². The molecule has 0 saturated carbocycles.